The van der Waals surface area contributed by atoms with E-state index in [1.807, 2.05) is 6.92 Å². The van der Waals surface area contributed by atoms with Crippen molar-refractivity contribution in [2.75, 3.05) is 0 Å². The summed E-state index contributed by atoms with van der Waals surface area (Å²) in [6.45, 7) is -1.10. The van der Waals surface area contributed by atoms with Crippen molar-refractivity contribution in [2.45, 2.75) is 32.4 Å². The molecule has 1 amide bonds. The van der Waals surface area contributed by atoms with E-state index in [0.717, 1.165) is 18.9 Å². The van der Waals surface area contributed by atoms with Gasteiger partial charge in [-0.25, -0.2) is 4.39 Å². The summed E-state index contributed by atoms with van der Waals surface area (Å²) in [5, 5.41) is 2.91. The summed E-state index contributed by atoms with van der Waals surface area (Å²) in [5.74, 6) is -0.765. The van der Waals surface area contributed by atoms with Crippen molar-refractivity contribution in [3.05, 3.63) is 48.0 Å². The van der Waals surface area contributed by atoms with Gasteiger partial charge in [0.25, 0.3) is 5.91 Å². The van der Waals surface area contributed by atoms with E-state index in [0.29, 0.717) is 22.6 Å². The number of benzene rings is 1. The van der Waals surface area contributed by atoms with Gasteiger partial charge in [-0.05, 0) is 49.4 Å². The molecular weight excluding hydrogens is 333 g/mol. The third-order valence-electron chi connectivity index (χ3n) is 4.12. The molecule has 25 heavy (non-hydrogen) atoms. The van der Waals surface area contributed by atoms with E-state index >= 15 is 0 Å². The highest BCUT2D eigenvalue weighted by Gasteiger charge is 2.29. The van der Waals surface area contributed by atoms with Crippen LogP contribution in [0.25, 0.3) is 11.1 Å². The van der Waals surface area contributed by atoms with Crippen molar-refractivity contribution in [2.24, 2.45) is 5.92 Å². The molecule has 4 nitrogen and oxygen atoms in total. The fourth-order valence-electron chi connectivity index (χ4n) is 2.63. The molecule has 0 aliphatic heterocycles. The highest BCUT2D eigenvalue weighted by molar-refractivity contribution is 5.95. The number of rotatable bonds is 6. The van der Waals surface area contributed by atoms with Gasteiger partial charge in [-0.2, -0.15) is 8.78 Å². The van der Waals surface area contributed by atoms with Crippen LogP contribution in [0.2, 0.25) is 0 Å². The minimum Gasteiger partial charge on any atom is -0.435 e. The third kappa shape index (κ3) is 4.49. The summed E-state index contributed by atoms with van der Waals surface area (Å²) in [4.78, 5) is 16.3. The fraction of sp³-hybridized carbons (Fsp3) is 0.333. The second-order valence-electron chi connectivity index (χ2n) is 6.12. The first-order valence-electron chi connectivity index (χ1n) is 7.94. The standard InChI is InChI=1S/C18H17F3N2O2/c1-10(11-2-3-11)23-17(24)14-4-13(8-22-9-14)12-5-15(19)7-16(6-12)25-18(20)21/h4-11,18H,2-3H2,1H3,(H,23,24)/t10-/m0/s1. The van der Waals surface area contributed by atoms with Crippen LogP contribution in [-0.2, 0) is 0 Å². The van der Waals surface area contributed by atoms with Gasteiger partial charge in [-0.15, -0.1) is 0 Å². The van der Waals surface area contributed by atoms with E-state index in [1.54, 1.807) is 6.07 Å². The van der Waals surface area contributed by atoms with Crippen LogP contribution in [0.4, 0.5) is 13.2 Å². The summed E-state index contributed by atoms with van der Waals surface area (Å²) < 4.78 is 42.6. The summed E-state index contributed by atoms with van der Waals surface area (Å²) in [6.07, 6.45) is 5.06. The van der Waals surface area contributed by atoms with Crippen molar-refractivity contribution in [1.29, 1.82) is 0 Å². The second kappa shape index (κ2) is 7.13. The molecule has 0 unspecified atom stereocenters. The summed E-state index contributed by atoms with van der Waals surface area (Å²) in [6, 6.07) is 4.95. The number of nitrogens with one attached hydrogen (secondary N) is 1. The zero-order chi connectivity index (χ0) is 18.0. The Bertz CT molecular complexity index is 779. The highest BCUT2D eigenvalue weighted by Crippen LogP contribution is 2.32. The average Bonchev–Trinajstić information content (AvgIpc) is 3.38. The molecule has 132 valence electrons. The van der Waals surface area contributed by atoms with Crippen LogP contribution in [0, 0.1) is 11.7 Å². The first kappa shape index (κ1) is 17.3. The minimum atomic E-state index is -3.05. The molecule has 1 aromatic carbocycles. The molecule has 3 rings (SSSR count). The molecule has 0 spiro atoms. The number of carbonyl (C=O) groups is 1. The molecule has 1 aliphatic carbocycles. The number of nitrogens with zero attached hydrogens (tertiary/aromatic N) is 1. The van der Waals surface area contributed by atoms with Gasteiger partial charge in [0, 0.05) is 30.1 Å². The first-order valence-corrected chi connectivity index (χ1v) is 7.94. The van der Waals surface area contributed by atoms with Gasteiger partial charge in [0.1, 0.15) is 11.6 Å². The normalized spacial score (nSPS) is 15.1. The Balaban J connectivity index is 1.83. The van der Waals surface area contributed by atoms with Crippen LogP contribution >= 0.6 is 0 Å². The molecule has 1 atom stereocenters. The van der Waals surface area contributed by atoms with Crippen LogP contribution in [0.5, 0.6) is 5.75 Å². The van der Waals surface area contributed by atoms with Gasteiger partial charge in [0.15, 0.2) is 0 Å². The molecule has 1 heterocycles. The smallest absolute Gasteiger partial charge is 0.387 e. The van der Waals surface area contributed by atoms with Gasteiger partial charge in [0.05, 0.1) is 5.56 Å². The predicted octanol–water partition coefficient (Wildman–Crippen LogP) is 4.02. The van der Waals surface area contributed by atoms with E-state index in [4.69, 9.17) is 0 Å². The lowest BCUT2D eigenvalue weighted by Crippen LogP contribution is -2.34. The van der Waals surface area contributed by atoms with Gasteiger partial charge in [-0.3, -0.25) is 9.78 Å². The SMILES string of the molecule is C[C@H](NC(=O)c1cncc(-c2cc(F)cc(OC(F)F)c2)c1)C1CC1. The molecular formula is C18H17F3N2O2. The highest BCUT2D eigenvalue weighted by atomic mass is 19.3. The van der Waals surface area contributed by atoms with Crippen LogP contribution in [0.3, 0.4) is 0 Å². The number of aromatic nitrogens is 1. The van der Waals surface area contributed by atoms with Crippen molar-refractivity contribution in [3.63, 3.8) is 0 Å². The van der Waals surface area contributed by atoms with Crippen molar-refractivity contribution in [1.82, 2.24) is 10.3 Å². The van der Waals surface area contributed by atoms with Crippen molar-refractivity contribution in [3.8, 4) is 16.9 Å². The number of pyridine rings is 1. The number of ether oxygens (including phenoxy) is 1. The number of hydrogen-bond acceptors (Lipinski definition) is 3. The Morgan fingerprint density at radius 1 is 1.20 bits per heavy atom. The lowest BCUT2D eigenvalue weighted by Gasteiger charge is -2.13. The molecule has 1 aromatic heterocycles. The fourth-order valence-corrected chi connectivity index (χ4v) is 2.63. The van der Waals surface area contributed by atoms with E-state index in [9.17, 15) is 18.0 Å². The lowest BCUT2D eigenvalue weighted by atomic mass is 10.0. The zero-order valence-electron chi connectivity index (χ0n) is 13.5. The van der Waals surface area contributed by atoms with E-state index < -0.39 is 12.4 Å². The molecule has 0 bridgehead atoms. The predicted molar refractivity (Wildman–Crippen MR) is 85.9 cm³/mol. The van der Waals surface area contributed by atoms with Gasteiger partial charge in [-0.1, -0.05) is 0 Å². The number of halogens is 3. The molecule has 0 saturated heterocycles. The van der Waals surface area contributed by atoms with Crippen LogP contribution in [-0.4, -0.2) is 23.5 Å². The Morgan fingerprint density at radius 3 is 2.64 bits per heavy atom. The minimum absolute atomic E-state index is 0.0800. The lowest BCUT2D eigenvalue weighted by molar-refractivity contribution is -0.0499. The molecule has 1 N–H and O–H groups in total. The largest absolute Gasteiger partial charge is 0.435 e. The van der Waals surface area contributed by atoms with Gasteiger partial charge in [0.2, 0.25) is 0 Å². The Hall–Kier alpha value is -2.57. The van der Waals surface area contributed by atoms with Gasteiger partial charge < -0.3 is 10.1 Å². The summed E-state index contributed by atoms with van der Waals surface area (Å²) >= 11 is 0. The van der Waals surface area contributed by atoms with Crippen LogP contribution in [0.15, 0.2) is 36.7 Å². The van der Waals surface area contributed by atoms with Crippen molar-refractivity contribution < 1.29 is 22.7 Å². The molecule has 7 heteroatoms. The number of hydrogen-bond donors (Lipinski definition) is 1. The maximum absolute atomic E-state index is 13.7. The maximum Gasteiger partial charge on any atom is 0.387 e. The third-order valence-corrected chi connectivity index (χ3v) is 4.12. The zero-order valence-corrected chi connectivity index (χ0v) is 13.5. The maximum atomic E-state index is 13.7. The number of alkyl halides is 2. The quantitative estimate of drug-likeness (QED) is 0.856. The van der Waals surface area contributed by atoms with E-state index in [1.165, 1.54) is 24.5 Å². The average molecular weight is 350 g/mol. The summed E-state index contributed by atoms with van der Waals surface area (Å²) in [5.41, 5.74) is 1.06. The molecule has 0 radical (unpaired) electrons. The Kier molecular flexibility index (Phi) is 4.92. The Labute approximate surface area is 143 Å². The Morgan fingerprint density at radius 2 is 1.96 bits per heavy atom. The van der Waals surface area contributed by atoms with Gasteiger partial charge >= 0.3 is 6.61 Å². The molecule has 2 aromatic rings. The second-order valence-corrected chi connectivity index (χ2v) is 6.12. The summed E-state index contributed by atoms with van der Waals surface area (Å²) in [7, 11) is 0. The van der Waals surface area contributed by atoms with Crippen LogP contribution < -0.4 is 10.1 Å². The number of carbonyl (C=O) groups excluding carboxylic acids is 1. The van der Waals surface area contributed by atoms with E-state index in [-0.39, 0.29) is 17.7 Å². The molecule has 1 aliphatic rings. The molecule has 1 saturated carbocycles. The first-order chi connectivity index (χ1) is 11.9. The number of amides is 1. The molecule has 1 fully saturated rings. The van der Waals surface area contributed by atoms with Crippen molar-refractivity contribution >= 4 is 5.91 Å². The monoisotopic (exact) mass is 350 g/mol. The topological polar surface area (TPSA) is 51.2 Å². The van der Waals surface area contributed by atoms with E-state index in [2.05, 4.69) is 15.0 Å². The van der Waals surface area contributed by atoms with Crippen LogP contribution in [0.1, 0.15) is 30.1 Å².